The Morgan fingerprint density at radius 2 is 1.23 bits per heavy atom. The predicted molar refractivity (Wildman–Crippen MR) is 53.7 cm³/mol. The normalized spacial score (nSPS) is 15.6. The first-order valence-electron chi connectivity index (χ1n) is 5.72. The van der Waals surface area contributed by atoms with E-state index in [1.807, 2.05) is 0 Å². The molecule has 0 N–H and O–H groups in total. The van der Waals surface area contributed by atoms with Gasteiger partial charge in [-0.15, -0.1) is 0 Å². The maximum atomic E-state index is 13.3. The SMILES string of the molecule is CCN(CC)C(=O)C(F)C(F)(F)C(F)(F)C(F)(F)C(F)(F)F. The molecule has 0 aromatic carbocycles. The topological polar surface area (TPSA) is 20.3 Å². The van der Waals surface area contributed by atoms with Crippen molar-refractivity contribution >= 4 is 5.91 Å². The zero-order chi connectivity index (χ0) is 18.1. The third-order valence-electron chi connectivity index (χ3n) is 2.78. The van der Waals surface area contributed by atoms with E-state index in [1.54, 1.807) is 0 Å². The van der Waals surface area contributed by atoms with Crippen molar-refractivity contribution in [1.29, 1.82) is 0 Å². The van der Waals surface area contributed by atoms with E-state index in [0.29, 0.717) is 0 Å². The molecule has 0 saturated heterocycles. The van der Waals surface area contributed by atoms with Crippen LogP contribution in [0, 0.1) is 0 Å². The lowest BCUT2D eigenvalue weighted by atomic mass is 9.99. The average molecular weight is 351 g/mol. The number of rotatable bonds is 6. The van der Waals surface area contributed by atoms with Gasteiger partial charge in [0.15, 0.2) is 0 Å². The Kier molecular flexibility index (Phi) is 5.77. The van der Waals surface area contributed by atoms with Crippen molar-refractivity contribution in [2.45, 2.75) is 44.0 Å². The van der Waals surface area contributed by atoms with Crippen LogP contribution in [-0.4, -0.2) is 54.0 Å². The second-order valence-electron chi connectivity index (χ2n) is 4.14. The van der Waals surface area contributed by atoms with E-state index in [0.717, 1.165) is 13.8 Å². The molecule has 2 nitrogen and oxygen atoms in total. The van der Waals surface area contributed by atoms with E-state index in [4.69, 9.17) is 0 Å². The summed E-state index contributed by atoms with van der Waals surface area (Å²) in [4.78, 5) is 11.4. The Morgan fingerprint density at radius 1 is 0.864 bits per heavy atom. The molecule has 0 rings (SSSR count). The molecule has 0 spiro atoms. The molecule has 12 heteroatoms. The van der Waals surface area contributed by atoms with E-state index in [1.165, 1.54) is 0 Å². The van der Waals surface area contributed by atoms with Gasteiger partial charge in [0.2, 0.25) is 6.17 Å². The molecule has 0 fully saturated rings. The van der Waals surface area contributed by atoms with Gasteiger partial charge in [0.1, 0.15) is 0 Å². The summed E-state index contributed by atoms with van der Waals surface area (Å²) in [5.74, 6) is -23.3. The van der Waals surface area contributed by atoms with Crippen molar-refractivity contribution in [2.24, 2.45) is 0 Å². The van der Waals surface area contributed by atoms with Gasteiger partial charge in [0, 0.05) is 13.1 Å². The molecular formula is C10H11F10NO. The smallest absolute Gasteiger partial charge is 0.341 e. The first-order chi connectivity index (χ1) is 9.59. The van der Waals surface area contributed by atoms with Crippen LogP contribution in [-0.2, 0) is 4.79 Å². The fourth-order valence-corrected chi connectivity index (χ4v) is 1.40. The fraction of sp³-hybridized carbons (Fsp3) is 0.900. The van der Waals surface area contributed by atoms with Gasteiger partial charge in [-0.2, -0.15) is 39.5 Å². The number of alkyl halides is 10. The summed E-state index contributed by atoms with van der Waals surface area (Å²) < 4.78 is 126. The van der Waals surface area contributed by atoms with Gasteiger partial charge in [-0.25, -0.2) is 4.39 Å². The molecule has 0 aliphatic heterocycles. The number of halogens is 10. The van der Waals surface area contributed by atoms with Crippen LogP contribution in [0.3, 0.4) is 0 Å². The minimum atomic E-state index is -7.22. The molecule has 0 bridgehead atoms. The second kappa shape index (κ2) is 6.11. The average Bonchev–Trinajstić information content (AvgIpc) is 2.37. The molecule has 1 atom stereocenters. The van der Waals surface area contributed by atoms with Crippen LogP contribution in [0.5, 0.6) is 0 Å². The molecule has 1 amide bonds. The van der Waals surface area contributed by atoms with Crippen LogP contribution in [0.4, 0.5) is 43.9 Å². The number of nitrogens with zero attached hydrogens (tertiary/aromatic N) is 1. The van der Waals surface area contributed by atoms with Crippen molar-refractivity contribution in [2.75, 3.05) is 13.1 Å². The predicted octanol–water partition coefficient (Wildman–Crippen LogP) is 3.66. The van der Waals surface area contributed by atoms with Crippen LogP contribution in [0.1, 0.15) is 13.8 Å². The molecule has 0 aromatic heterocycles. The van der Waals surface area contributed by atoms with Crippen molar-refractivity contribution in [3.8, 4) is 0 Å². The maximum absolute atomic E-state index is 13.3. The van der Waals surface area contributed by atoms with Crippen molar-refractivity contribution in [3.63, 3.8) is 0 Å². The van der Waals surface area contributed by atoms with Crippen molar-refractivity contribution in [3.05, 3.63) is 0 Å². The summed E-state index contributed by atoms with van der Waals surface area (Å²) in [6.07, 6.45) is -11.6. The highest BCUT2D eigenvalue weighted by molar-refractivity contribution is 5.82. The molecule has 22 heavy (non-hydrogen) atoms. The Labute approximate surface area is 118 Å². The van der Waals surface area contributed by atoms with Crippen LogP contribution < -0.4 is 0 Å². The molecule has 0 aromatic rings. The second-order valence-corrected chi connectivity index (χ2v) is 4.14. The third kappa shape index (κ3) is 3.09. The highest BCUT2D eigenvalue weighted by Gasteiger charge is 2.84. The highest BCUT2D eigenvalue weighted by atomic mass is 19.4. The number of hydrogen-bond acceptors (Lipinski definition) is 1. The summed E-state index contributed by atoms with van der Waals surface area (Å²) in [6.45, 7) is 1.39. The van der Waals surface area contributed by atoms with E-state index < -0.39 is 49.1 Å². The van der Waals surface area contributed by atoms with Gasteiger partial charge in [-0.1, -0.05) is 0 Å². The summed E-state index contributed by atoms with van der Waals surface area (Å²) in [5.41, 5.74) is 0. The van der Waals surface area contributed by atoms with Gasteiger partial charge in [0.25, 0.3) is 5.91 Å². The van der Waals surface area contributed by atoms with Gasteiger partial charge in [-0.05, 0) is 13.8 Å². The minimum absolute atomic E-state index is 0.250. The zero-order valence-corrected chi connectivity index (χ0v) is 11.1. The number of hydrogen-bond donors (Lipinski definition) is 0. The van der Waals surface area contributed by atoms with Crippen molar-refractivity contribution < 1.29 is 48.7 Å². The van der Waals surface area contributed by atoms with E-state index >= 15 is 0 Å². The summed E-state index contributed by atoms with van der Waals surface area (Å²) in [6, 6.07) is 0. The highest BCUT2D eigenvalue weighted by Crippen LogP contribution is 2.54. The lowest BCUT2D eigenvalue weighted by Gasteiger charge is -2.35. The molecule has 0 heterocycles. The maximum Gasteiger partial charge on any atom is 0.460 e. The van der Waals surface area contributed by atoms with Crippen LogP contribution >= 0.6 is 0 Å². The molecule has 0 saturated carbocycles. The zero-order valence-electron chi connectivity index (χ0n) is 11.1. The standard InChI is InChI=1S/C10H11F10NO/c1-3-21(4-2)6(22)5(11)7(12,13)8(14,15)9(16,17)10(18,19)20/h5H,3-4H2,1-2H3. The number of carbonyl (C=O) groups is 1. The van der Waals surface area contributed by atoms with E-state index in [-0.39, 0.29) is 4.90 Å². The molecule has 1 unspecified atom stereocenters. The summed E-state index contributed by atoms with van der Waals surface area (Å²) >= 11 is 0. The van der Waals surface area contributed by atoms with Crippen LogP contribution in [0.15, 0.2) is 0 Å². The van der Waals surface area contributed by atoms with Gasteiger partial charge >= 0.3 is 23.9 Å². The summed E-state index contributed by atoms with van der Waals surface area (Å²) in [7, 11) is 0. The molecular weight excluding hydrogens is 340 g/mol. The molecule has 132 valence electrons. The Morgan fingerprint density at radius 3 is 1.50 bits per heavy atom. The first kappa shape index (κ1) is 20.8. The Balaban J connectivity index is 5.76. The van der Waals surface area contributed by atoms with Crippen molar-refractivity contribution in [1.82, 2.24) is 4.90 Å². The third-order valence-corrected chi connectivity index (χ3v) is 2.78. The molecule has 0 aliphatic carbocycles. The molecule has 0 aliphatic rings. The minimum Gasteiger partial charge on any atom is -0.341 e. The Hall–Kier alpha value is -1.23. The van der Waals surface area contributed by atoms with Gasteiger partial charge < -0.3 is 4.90 Å². The monoisotopic (exact) mass is 351 g/mol. The first-order valence-corrected chi connectivity index (χ1v) is 5.72. The lowest BCUT2D eigenvalue weighted by Crippen LogP contribution is -2.65. The number of amides is 1. The Bertz CT molecular complexity index is 401. The van der Waals surface area contributed by atoms with Gasteiger partial charge in [-0.3, -0.25) is 4.79 Å². The molecule has 0 radical (unpaired) electrons. The fourth-order valence-electron chi connectivity index (χ4n) is 1.40. The summed E-state index contributed by atoms with van der Waals surface area (Å²) in [5, 5.41) is 0. The van der Waals surface area contributed by atoms with Crippen LogP contribution in [0.2, 0.25) is 0 Å². The largest absolute Gasteiger partial charge is 0.460 e. The van der Waals surface area contributed by atoms with E-state index in [2.05, 4.69) is 0 Å². The van der Waals surface area contributed by atoms with E-state index in [9.17, 15) is 48.7 Å². The number of carbonyl (C=O) groups excluding carboxylic acids is 1. The van der Waals surface area contributed by atoms with Gasteiger partial charge in [0.05, 0.1) is 0 Å². The quantitative estimate of drug-likeness (QED) is 0.669. The lowest BCUT2D eigenvalue weighted by molar-refractivity contribution is -0.401. The van der Waals surface area contributed by atoms with Crippen LogP contribution in [0.25, 0.3) is 0 Å².